The van der Waals surface area contributed by atoms with E-state index in [4.69, 9.17) is 0 Å². The van der Waals surface area contributed by atoms with Crippen LogP contribution in [0.15, 0.2) is 9.84 Å². The van der Waals surface area contributed by atoms with E-state index in [1.165, 1.54) is 0 Å². The molecule has 0 atom stereocenters. The molecular formula is C4H6INO2. The summed E-state index contributed by atoms with van der Waals surface area (Å²) in [7, 11) is 0. The van der Waals surface area contributed by atoms with Crippen LogP contribution in [0, 0.1) is 0 Å². The molecule has 1 amide bonds. The van der Waals surface area contributed by atoms with E-state index in [1.807, 2.05) is 22.6 Å². The minimum atomic E-state index is -0.771. The van der Waals surface area contributed by atoms with E-state index >= 15 is 0 Å². The topological polar surface area (TPSA) is 52.3 Å². The Labute approximate surface area is 61.0 Å². The highest BCUT2D eigenvalue weighted by Crippen LogP contribution is 2.05. The number of hydrogen-bond donors (Lipinski definition) is 1. The van der Waals surface area contributed by atoms with Crippen molar-refractivity contribution < 1.29 is 9.53 Å². The molecule has 0 aromatic carbocycles. The molecule has 8 heavy (non-hydrogen) atoms. The molecule has 0 saturated carbocycles. The van der Waals surface area contributed by atoms with Crippen LogP contribution in [0.5, 0.6) is 0 Å². The molecule has 4 heteroatoms. The van der Waals surface area contributed by atoms with Gasteiger partial charge in [-0.3, -0.25) is 0 Å². The van der Waals surface area contributed by atoms with Crippen molar-refractivity contribution in [3.63, 3.8) is 0 Å². The van der Waals surface area contributed by atoms with Crippen LogP contribution in [0.3, 0.4) is 0 Å². The monoisotopic (exact) mass is 227 g/mol. The largest absolute Gasteiger partial charge is 0.410 e. The highest BCUT2D eigenvalue weighted by atomic mass is 127. The summed E-state index contributed by atoms with van der Waals surface area (Å²) in [6.07, 6.45) is 0.873. The summed E-state index contributed by atoms with van der Waals surface area (Å²) in [6.45, 7) is 1.75. The third-order valence-corrected chi connectivity index (χ3v) is 1.27. The lowest BCUT2D eigenvalue weighted by molar-refractivity contribution is 0.195. The van der Waals surface area contributed by atoms with Gasteiger partial charge < -0.3 is 10.5 Å². The molecule has 0 saturated heterocycles. The van der Waals surface area contributed by atoms with Crippen LogP contribution in [0.2, 0.25) is 0 Å². The van der Waals surface area contributed by atoms with Crippen molar-refractivity contribution in [3.05, 3.63) is 9.84 Å². The molecule has 0 aliphatic heterocycles. The molecule has 0 bridgehead atoms. The number of carbonyl (C=O) groups excluding carboxylic acids is 1. The van der Waals surface area contributed by atoms with E-state index in [0.29, 0.717) is 3.77 Å². The number of primary amides is 1. The van der Waals surface area contributed by atoms with Gasteiger partial charge in [-0.05, 0) is 35.6 Å². The number of amides is 1. The van der Waals surface area contributed by atoms with Crippen LogP contribution in [0.1, 0.15) is 6.92 Å². The fourth-order valence-electron chi connectivity index (χ4n) is 0.155. The minimum Gasteiger partial charge on any atom is -0.404 e. The molecule has 0 aromatic rings. The van der Waals surface area contributed by atoms with Crippen LogP contribution in [0.25, 0.3) is 0 Å². The molecule has 0 heterocycles. The van der Waals surface area contributed by atoms with Crippen molar-refractivity contribution >= 4 is 28.7 Å². The zero-order chi connectivity index (χ0) is 6.57. The maximum Gasteiger partial charge on any atom is 0.410 e. The van der Waals surface area contributed by atoms with Crippen LogP contribution in [0.4, 0.5) is 4.79 Å². The smallest absolute Gasteiger partial charge is 0.404 e. The van der Waals surface area contributed by atoms with Crippen LogP contribution < -0.4 is 5.73 Å². The molecule has 3 nitrogen and oxygen atoms in total. The minimum absolute atomic E-state index is 0.495. The maximum absolute atomic E-state index is 9.92. The normalized spacial score (nSPS) is 11.0. The SMILES string of the molecule is C/C=C(/I)OC(N)=O. The van der Waals surface area contributed by atoms with Crippen LogP contribution in [-0.4, -0.2) is 6.09 Å². The van der Waals surface area contributed by atoms with Gasteiger partial charge >= 0.3 is 6.09 Å². The summed E-state index contributed by atoms with van der Waals surface area (Å²) in [5.74, 6) is 0. The number of rotatable bonds is 1. The number of allylic oxidation sites excluding steroid dienone is 1. The Morgan fingerprint density at radius 1 is 1.88 bits per heavy atom. The van der Waals surface area contributed by atoms with Gasteiger partial charge in [-0.2, -0.15) is 0 Å². The number of nitrogens with two attached hydrogens (primary N) is 1. The Balaban J connectivity index is 3.56. The van der Waals surface area contributed by atoms with Gasteiger partial charge in [-0.1, -0.05) is 0 Å². The van der Waals surface area contributed by atoms with Crippen LogP contribution in [-0.2, 0) is 4.74 Å². The van der Waals surface area contributed by atoms with Crippen LogP contribution >= 0.6 is 22.6 Å². The molecule has 0 aliphatic rings. The second-order valence-electron chi connectivity index (χ2n) is 1.01. The molecule has 0 aromatic heterocycles. The summed E-state index contributed by atoms with van der Waals surface area (Å²) in [5, 5.41) is 0. The number of ether oxygens (including phenoxy) is 1. The Morgan fingerprint density at radius 3 is 2.50 bits per heavy atom. The fourth-order valence-corrected chi connectivity index (χ4v) is 0.372. The predicted octanol–water partition coefficient (Wildman–Crippen LogP) is 1.38. The third kappa shape index (κ3) is 3.91. The molecule has 0 spiro atoms. The summed E-state index contributed by atoms with van der Waals surface area (Å²) in [4.78, 5) is 9.92. The summed E-state index contributed by atoms with van der Waals surface area (Å²) in [5.41, 5.74) is 4.66. The number of carbonyl (C=O) groups is 1. The van der Waals surface area contributed by atoms with Crippen molar-refractivity contribution in [2.75, 3.05) is 0 Å². The van der Waals surface area contributed by atoms with Crippen molar-refractivity contribution in [1.29, 1.82) is 0 Å². The molecule has 46 valence electrons. The first-order valence-electron chi connectivity index (χ1n) is 1.96. The summed E-state index contributed by atoms with van der Waals surface area (Å²) >= 11 is 1.86. The Kier molecular flexibility index (Phi) is 3.59. The van der Waals surface area contributed by atoms with E-state index in [1.54, 1.807) is 13.0 Å². The van der Waals surface area contributed by atoms with Crippen molar-refractivity contribution in [3.8, 4) is 0 Å². The number of hydrogen-bond acceptors (Lipinski definition) is 2. The molecule has 0 aliphatic carbocycles. The van der Waals surface area contributed by atoms with Gasteiger partial charge in [0.05, 0.1) is 0 Å². The lowest BCUT2D eigenvalue weighted by Crippen LogP contribution is -2.10. The molecule has 2 N–H and O–H groups in total. The standard InChI is InChI=1S/C4H6INO2/c1-2-3(5)8-4(6)7/h2H,1H3,(H2,6,7)/b3-2-. The number of halogens is 1. The van der Waals surface area contributed by atoms with Gasteiger partial charge in [0.25, 0.3) is 0 Å². The molecule has 0 unspecified atom stereocenters. The first-order valence-corrected chi connectivity index (χ1v) is 3.03. The zero-order valence-electron chi connectivity index (χ0n) is 4.35. The quantitative estimate of drug-likeness (QED) is 0.543. The maximum atomic E-state index is 9.92. The lowest BCUT2D eigenvalue weighted by Gasteiger charge is -1.93. The summed E-state index contributed by atoms with van der Waals surface area (Å²) in [6, 6.07) is 0. The van der Waals surface area contributed by atoms with Gasteiger partial charge in [-0.25, -0.2) is 4.79 Å². The second kappa shape index (κ2) is 3.71. The first kappa shape index (κ1) is 7.74. The van der Waals surface area contributed by atoms with E-state index in [2.05, 4.69) is 10.5 Å². The van der Waals surface area contributed by atoms with E-state index < -0.39 is 6.09 Å². The van der Waals surface area contributed by atoms with Gasteiger partial charge in [0.2, 0.25) is 0 Å². The Hall–Kier alpha value is -0.260. The highest BCUT2D eigenvalue weighted by Gasteiger charge is 1.92. The molecule has 0 rings (SSSR count). The van der Waals surface area contributed by atoms with E-state index in [0.717, 1.165) is 0 Å². The predicted molar refractivity (Wildman–Crippen MR) is 38.4 cm³/mol. The molecular weight excluding hydrogens is 221 g/mol. The first-order chi connectivity index (χ1) is 3.66. The van der Waals surface area contributed by atoms with Gasteiger partial charge in [-0.15, -0.1) is 0 Å². The van der Waals surface area contributed by atoms with E-state index in [9.17, 15) is 4.79 Å². The van der Waals surface area contributed by atoms with Crippen molar-refractivity contribution in [1.82, 2.24) is 0 Å². The third-order valence-electron chi connectivity index (χ3n) is 0.425. The van der Waals surface area contributed by atoms with Crippen molar-refractivity contribution in [2.45, 2.75) is 6.92 Å². The summed E-state index contributed by atoms with van der Waals surface area (Å²) < 4.78 is 4.88. The average molecular weight is 227 g/mol. The van der Waals surface area contributed by atoms with E-state index in [-0.39, 0.29) is 0 Å². The zero-order valence-corrected chi connectivity index (χ0v) is 6.51. The van der Waals surface area contributed by atoms with Gasteiger partial charge in [0.15, 0.2) is 3.77 Å². The van der Waals surface area contributed by atoms with Gasteiger partial charge in [0.1, 0.15) is 0 Å². The molecule has 0 radical (unpaired) electrons. The average Bonchev–Trinajstić information content (AvgIpc) is 1.65. The molecule has 0 fully saturated rings. The Bertz CT molecular complexity index is 121. The Morgan fingerprint density at radius 2 is 2.38 bits per heavy atom. The van der Waals surface area contributed by atoms with Gasteiger partial charge in [0, 0.05) is 0 Å². The highest BCUT2D eigenvalue weighted by molar-refractivity contribution is 14.1. The van der Waals surface area contributed by atoms with Crippen molar-refractivity contribution in [2.24, 2.45) is 5.73 Å². The second-order valence-corrected chi connectivity index (χ2v) is 2.08. The fraction of sp³-hybridized carbons (Fsp3) is 0.250. The lowest BCUT2D eigenvalue weighted by atomic mass is 10.7.